The number of benzene rings is 1. The van der Waals surface area contributed by atoms with Crippen LogP contribution in [-0.2, 0) is 14.8 Å². The first kappa shape index (κ1) is 19.1. The molecule has 4 rings (SSSR count). The van der Waals surface area contributed by atoms with Gasteiger partial charge in [-0.05, 0) is 44.0 Å². The largest absolute Gasteiger partial charge is 0.492 e. The third kappa shape index (κ3) is 3.85. The highest BCUT2D eigenvalue weighted by molar-refractivity contribution is 7.89. The number of sulfonamides is 1. The number of hydrogen-bond acceptors (Lipinski definition) is 5. The molecule has 3 fully saturated rings. The minimum Gasteiger partial charge on any atom is -0.492 e. The van der Waals surface area contributed by atoms with Crippen LogP contribution in [0, 0.1) is 17.7 Å². The van der Waals surface area contributed by atoms with Gasteiger partial charge in [0.05, 0.1) is 17.5 Å². The molecular formula is C19H27FN2O4S. The molecule has 1 aromatic rings. The van der Waals surface area contributed by atoms with E-state index in [4.69, 9.17) is 9.47 Å². The van der Waals surface area contributed by atoms with Gasteiger partial charge in [0, 0.05) is 38.0 Å². The summed E-state index contributed by atoms with van der Waals surface area (Å²) in [5.41, 5.74) is -0.122. The van der Waals surface area contributed by atoms with Gasteiger partial charge in [-0.2, -0.15) is 0 Å². The van der Waals surface area contributed by atoms with Crippen LogP contribution < -0.4 is 9.46 Å². The Morgan fingerprint density at radius 2 is 2.15 bits per heavy atom. The van der Waals surface area contributed by atoms with Crippen LogP contribution in [0.1, 0.15) is 19.8 Å². The first-order valence-corrected chi connectivity index (χ1v) is 11.3. The second-order valence-electron chi connectivity index (χ2n) is 7.82. The molecule has 6 nitrogen and oxygen atoms in total. The molecule has 27 heavy (non-hydrogen) atoms. The lowest BCUT2D eigenvalue weighted by Crippen LogP contribution is -2.42. The van der Waals surface area contributed by atoms with E-state index in [2.05, 4.69) is 9.62 Å². The number of rotatable bonds is 8. The average molecular weight is 399 g/mol. The monoisotopic (exact) mass is 398 g/mol. The highest BCUT2D eigenvalue weighted by atomic mass is 32.2. The fraction of sp³-hybridized carbons (Fsp3) is 0.684. The third-order valence-corrected chi connectivity index (χ3v) is 7.63. The quantitative estimate of drug-likeness (QED) is 0.721. The molecule has 1 N–H and O–H groups in total. The normalized spacial score (nSPS) is 32.7. The SMILES string of the molecule is CCS(=O)(=O)NC[C@H]1[C@H]2CN(CCOc3ccc(F)cc3)C[C@]23CC[C@H]1O3. The van der Waals surface area contributed by atoms with Crippen LogP contribution in [-0.4, -0.2) is 63.6 Å². The first-order valence-electron chi connectivity index (χ1n) is 9.67. The first-order chi connectivity index (χ1) is 12.9. The topological polar surface area (TPSA) is 67.9 Å². The van der Waals surface area contributed by atoms with Crippen molar-refractivity contribution in [2.24, 2.45) is 11.8 Å². The molecule has 0 amide bonds. The highest BCUT2D eigenvalue weighted by Crippen LogP contribution is 2.54. The number of hydrogen-bond donors (Lipinski definition) is 1. The minimum atomic E-state index is -3.18. The molecule has 3 aliphatic rings. The van der Waals surface area contributed by atoms with Gasteiger partial charge in [-0.3, -0.25) is 4.90 Å². The van der Waals surface area contributed by atoms with E-state index in [0.717, 1.165) is 32.5 Å². The van der Waals surface area contributed by atoms with E-state index in [1.807, 2.05) is 0 Å². The van der Waals surface area contributed by atoms with E-state index in [-0.39, 0.29) is 29.2 Å². The maximum Gasteiger partial charge on any atom is 0.211 e. The van der Waals surface area contributed by atoms with Crippen molar-refractivity contribution >= 4 is 10.0 Å². The molecule has 0 aliphatic carbocycles. The lowest BCUT2D eigenvalue weighted by molar-refractivity contribution is 0.00204. The summed E-state index contributed by atoms with van der Waals surface area (Å²) in [5, 5.41) is 0. The van der Waals surface area contributed by atoms with Crippen LogP contribution in [0.4, 0.5) is 4.39 Å². The molecule has 0 saturated carbocycles. The summed E-state index contributed by atoms with van der Waals surface area (Å²) < 4.78 is 51.4. The fourth-order valence-corrected chi connectivity index (χ4v) is 5.53. The molecule has 0 aromatic heterocycles. The van der Waals surface area contributed by atoms with E-state index in [9.17, 15) is 12.8 Å². The summed E-state index contributed by atoms with van der Waals surface area (Å²) in [6.45, 7) is 5.20. The summed E-state index contributed by atoms with van der Waals surface area (Å²) >= 11 is 0. The molecule has 0 unspecified atom stereocenters. The minimum absolute atomic E-state index is 0.105. The summed E-state index contributed by atoms with van der Waals surface area (Å²) in [6, 6.07) is 6.05. The maximum absolute atomic E-state index is 12.9. The number of fused-ring (bicyclic) bond motifs is 1. The Bertz CT molecular complexity index is 772. The third-order valence-electron chi connectivity index (χ3n) is 6.26. The van der Waals surface area contributed by atoms with Crippen molar-refractivity contribution in [3.05, 3.63) is 30.1 Å². The molecule has 3 heterocycles. The summed E-state index contributed by atoms with van der Waals surface area (Å²) in [5.74, 6) is 1.10. The van der Waals surface area contributed by atoms with Crippen LogP contribution in [0.5, 0.6) is 5.75 Å². The number of nitrogens with zero attached hydrogens (tertiary/aromatic N) is 1. The van der Waals surface area contributed by atoms with E-state index in [1.165, 1.54) is 12.1 Å². The Labute approximate surface area is 160 Å². The number of nitrogens with one attached hydrogen (secondary N) is 1. The maximum atomic E-state index is 12.9. The van der Waals surface area contributed by atoms with Gasteiger partial charge in [-0.25, -0.2) is 17.5 Å². The van der Waals surface area contributed by atoms with Crippen molar-refractivity contribution in [2.45, 2.75) is 31.5 Å². The van der Waals surface area contributed by atoms with E-state index in [1.54, 1.807) is 19.1 Å². The fourth-order valence-electron chi connectivity index (χ4n) is 4.88. The van der Waals surface area contributed by atoms with Gasteiger partial charge < -0.3 is 9.47 Å². The Balaban J connectivity index is 1.32. The lowest BCUT2D eigenvalue weighted by Gasteiger charge is -2.29. The van der Waals surface area contributed by atoms with Crippen molar-refractivity contribution in [3.63, 3.8) is 0 Å². The molecule has 4 atom stereocenters. The number of ether oxygens (including phenoxy) is 2. The van der Waals surface area contributed by atoms with Crippen molar-refractivity contribution in [2.75, 3.05) is 38.5 Å². The zero-order valence-electron chi connectivity index (χ0n) is 15.6. The second-order valence-corrected chi connectivity index (χ2v) is 9.92. The van der Waals surface area contributed by atoms with Crippen molar-refractivity contribution < 1.29 is 22.3 Å². The number of halogens is 1. The summed E-state index contributed by atoms with van der Waals surface area (Å²) in [4.78, 5) is 2.34. The zero-order chi connectivity index (χ0) is 19.1. The van der Waals surface area contributed by atoms with Gasteiger partial charge in [0.25, 0.3) is 0 Å². The van der Waals surface area contributed by atoms with Crippen LogP contribution in [0.15, 0.2) is 24.3 Å². The lowest BCUT2D eigenvalue weighted by atomic mass is 9.74. The van der Waals surface area contributed by atoms with Gasteiger partial charge in [0.2, 0.25) is 10.0 Å². The zero-order valence-corrected chi connectivity index (χ0v) is 16.4. The standard InChI is InChI=1S/C19H27FN2O4S/c1-2-27(23,24)21-11-16-17-12-22(13-19(17)8-7-18(16)26-19)9-10-25-15-5-3-14(20)4-6-15/h3-6,16-18,21H,2,7-13H2,1H3/t16-,17+,18+,19+/m0/s1. The van der Waals surface area contributed by atoms with E-state index < -0.39 is 10.0 Å². The van der Waals surface area contributed by atoms with E-state index >= 15 is 0 Å². The number of likely N-dealkylation sites (tertiary alicyclic amines) is 1. The van der Waals surface area contributed by atoms with Crippen LogP contribution >= 0.6 is 0 Å². The van der Waals surface area contributed by atoms with Crippen LogP contribution in [0.2, 0.25) is 0 Å². The second kappa shape index (κ2) is 7.31. The Kier molecular flexibility index (Phi) is 5.18. The molecule has 1 aromatic carbocycles. The van der Waals surface area contributed by atoms with Gasteiger partial charge in [-0.15, -0.1) is 0 Å². The average Bonchev–Trinajstić information content (AvgIpc) is 3.30. The smallest absolute Gasteiger partial charge is 0.211 e. The molecule has 3 aliphatic heterocycles. The van der Waals surface area contributed by atoms with E-state index in [0.29, 0.717) is 24.8 Å². The van der Waals surface area contributed by atoms with Crippen molar-refractivity contribution in [1.29, 1.82) is 0 Å². The molecular weight excluding hydrogens is 371 g/mol. The van der Waals surface area contributed by atoms with Gasteiger partial charge >= 0.3 is 0 Å². The van der Waals surface area contributed by atoms with Gasteiger partial charge in [-0.1, -0.05) is 0 Å². The van der Waals surface area contributed by atoms with Crippen molar-refractivity contribution in [1.82, 2.24) is 9.62 Å². The highest BCUT2D eigenvalue weighted by Gasteiger charge is 2.62. The van der Waals surface area contributed by atoms with Gasteiger partial charge in [0.1, 0.15) is 18.2 Å². The molecule has 0 radical (unpaired) electrons. The predicted octanol–water partition coefficient (Wildman–Crippen LogP) is 1.62. The van der Waals surface area contributed by atoms with Crippen LogP contribution in [0.25, 0.3) is 0 Å². The van der Waals surface area contributed by atoms with Crippen molar-refractivity contribution in [3.8, 4) is 5.75 Å². The predicted molar refractivity (Wildman–Crippen MR) is 99.6 cm³/mol. The Morgan fingerprint density at radius 3 is 2.89 bits per heavy atom. The Hall–Kier alpha value is -1.22. The molecule has 2 bridgehead atoms. The Morgan fingerprint density at radius 1 is 1.37 bits per heavy atom. The molecule has 8 heteroatoms. The van der Waals surface area contributed by atoms with Gasteiger partial charge in [0.15, 0.2) is 0 Å². The molecule has 3 saturated heterocycles. The van der Waals surface area contributed by atoms with Crippen LogP contribution in [0.3, 0.4) is 0 Å². The summed E-state index contributed by atoms with van der Waals surface area (Å²) in [6.07, 6.45) is 2.23. The molecule has 1 spiro atoms. The summed E-state index contributed by atoms with van der Waals surface area (Å²) in [7, 11) is -3.18. The molecule has 150 valence electrons.